The van der Waals surface area contributed by atoms with Crippen molar-refractivity contribution in [3.05, 3.63) is 95.6 Å². The van der Waals surface area contributed by atoms with Crippen LogP contribution in [0.25, 0.3) is 33.0 Å². The number of hydrogen-bond acceptors (Lipinski definition) is 3. The Morgan fingerprint density at radius 1 is 0.886 bits per heavy atom. The number of carbonyl (C=O) groups is 1. The summed E-state index contributed by atoms with van der Waals surface area (Å²) in [6, 6.07) is 22.7. The third kappa shape index (κ3) is 4.54. The summed E-state index contributed by atoms with van der Waals surface area (Å²) in [7, 11) is 0. The molecule has 35 heavy (non-hydrogen) atoms. The molecular weight excluding hydrogens is 451 g/mol. The Balaban J connectivity index is 1.64. The van der Waals surface area contributed by atoms with Crippen molar-refractivity contribution in [1.82, 2.24) is 5.32 Å². The Bertz CT molecular complexity index is 1370. The zero-order valence-corrected chi connectivity index (χ0v) is 19.2. The lowest BCUT2D eigenvalue weighted by molar-refractivity contribution is -0.137. The van der Waals surface area contributed by atoms with Crippen molar-refractivity contribution >= 4 is 16.7 Å². The number of benzene rings is 4. The molecule has 0 atom stereocenters. The lowest BCUT2D eigenvalue weighted by Crippen LogP contribution is -2.39. The lowest BCUT2D eigenvalue weighted by Gasteiger charge is -2.27. The van der Waals surface area contributed by atoms with E-state index in [9.17, 15) is 18.0 Å². The normalized spacial score (nSPS) is 14.1. The molecule has 4 aromatic carbocycles. The maximum atomic E-state index is 13.0. The van der Waals surface area contributed by atoms with E-state index in [1.54, 1.807) is 13.0 Å². The fourth-order valence-electron chi connectivity index (χ4n) is 4.49. The average Bonchev–Trinajstić information content (AvgIpc) is 2.82. The standard InChI is InChI=1S/C29H24F3NO2/c1-2-35-28(34)25-14-11-20-5-8-22(18-9-12-24(13-10-18)29(30,31)32)15-26(20)27(25)21-6-3-19(4-7-21)23-16-33-17-23/h3-15,23,33H,2,16-17H2,1H3. The average molecular weight is 476 g/mol. The first-order valence-corrected chi connectivity index (χ1v) is 11.6. The zero-order chi connectivity index (χ0) is 24.6. The first-order valence-electron chi connectivity index (χ1n) is 11.6. The van der Waals surface area contributed by atoms with E-state index in [1.807, 2.05) is 36.4 Å². The van der Waals surface area contributed by atoms with Gasteiger partial charge in [-0.3, -0.25) is 0 Å². The molecule has 3 nitrogen and oxygen atoms in total. The summed E-state index contributed by atoms with van der Waals surface area (Å²) in [6.45, 7) is 3.94. The van der Waals surface area contributed by atoms with E-state index in [0.717, 1.165) is 52.7 Å². The number of halogens is 3. The van der Waals surface area contributed by atoms with E-state index < -0.39 is 17.7 Å². The van der Waals surface area contributed by atoms with Crippen LogP contribution in [-0.2, 0) is 10.9 Å². The van der Waals surface area contributed by atoms with Gasteiger partial charge in [-0.25, -0.2) is 4.79 Å². The van der Waals surface area contributed by atoms with Crippen molar-refractivity contribution in [2.45, 2.75) is 19.0 Å². The number of fused-ring (bicyclic) bond motifs is 1. The minimum Gasteiger partial charge on any atom is -0.462 e. The van der Waals surface area contributed by atoms with Crippen molar-refractivity contribution < 1.29 is 22.7 Å². The first kappa shape index (κ1) is 23.1. The van der Waals surface area contributed by atoms with Crippen LogP contribution in [0.3, 0.4) is 0 Å². The van der Waals surface area contributed by atoms with Gasteiger partial charge in [0.1, 0.15) is 0 Å². The third-order valence-electron chi connectivity index (χ3n) is 6.51. The molecule has 0 saturated carbocycles. The summed E-state index contributed by atoms with van der Waals surface area (Å²) in [5.41, 5.74) is 4.10. The van der Waals surface area contributed by atoms with Crippen LogP contribution in [0.5, 0.6) is 0 Å². The summed E-state index contributed by atoms with van der Waals surface area (Å²) in [5.74, 6) is 0.0870. The fraction of sp³-hybridized carbons (Fsp3) is 0.207. The van der Waals surface area contributed by atoms with Gasteiger partial charge >= 0.3 is 12.1 Å². The molecule has 0 radical (unpaired) electrons. The van der Waals surface area contributed by atoms with Gasteiger partial charge in [-0.2, -0.15) is 13.2 Å². The molecule has 5 rings (SSSR count). The van der Waals surface area contributed by atoms with Gasteiger partial charge in [0.2, 0.25) is 0 Å². The highest BCUT2D eigenvalue weighted by Crippen LogP contribution is 2.37. The van der Waals surface area contributed by atoms with E-state index in [1.165, 1.54) is 17.7 Å². The van der Waals surface area contributed by atoms with Crippen molar-refractivity contribution in [2.75, 3.05) is 19.7 Å². The van der Waals surface area contributed by atoms with Gasteiger partial charge in [0.05, 0.1) is 17.7 Å². The number of esters is 1. The van der Waals surface area contributed by atoms with E-state index >= 15 is 0 Å². The van der Waals surface area contributed by atoms with Gasteiger partial charge in [-0.15, -0.1) is 0 Å². The van der Waals surface area contributed by atoms with Crippen LogP contribution in [0.2, 0.25) is 0 Å². The number of ether oxygens (including phenoxy) is 1. The molecule has 0 amide bonds. The van der Waals surface area contributed by atoms with Crippen molar-refractivity contribution in [2.24, 2.45) is 0 Å². The van der Waals surface area contributed by atoms with Gasteiger partial charge in [0, 0.05) is 24.6 Å². The molecule has 0 spiro atoms. The van der Waals surface area contributed by atoms with E-state index in [2.05, 4.69) is 17.4 Å². The molecule has 0 aliphatic carbocycles. The molecule has 4 aromatic rings. The molecule has 1 heterocycles. The number of carbonyl (C=O) groups excluding carboxylic acids is 1. The molecule has 1 aliphatic heterocycles. The smallest absolute Gasteiger partial charge is 0.416 e. The number of nitrogens with one attached hydrogen (secondary N) is 1. The second-order valence-corrected chi connectivity index (χ2v) is 8.70. The maximum Gasteiger partial charge on any atom is 0.416 e. The van der Waals surface area contributed by atoms with Crippen LogP contribution in [0.1, 0.15) is 34.3 Å². The first-order chi connectivity index (χ1) is 16.8. The second kappa shape index (κ2) is 9.19. The Kier molecular flexibility index (Phi) is 6.07. The quantitative estimate of drug-likeness (QED) is 0.314. The Hall–Kier alpha value is -3.64. The van der Waals surface area contributed by atoms with Crippen LogP contribution in [0.15, 0.2) is 78.9 Å². The van der Waals surface area contributed by atoms with Gasteiger partial charge in [-0.1, -0.05) is 54.6 Å². The van der Waals surface area contributed by atoms with Crippen LogP contribution >= 0.6 is 0 Å². The molecule has 1 aliphatic rings. The highest BCUT2D eigenvalue weighted by molar-refractivity contribution is 6.09. The molecule has 0 bridgehead atoms. The molecule has 1 fully saturated rings. The third-order valence-corrected chi connectivity index (χ3v) is 6.51. The van der Waals surface area contributed by atoms with Crippen LogP contribution in [-0.4, -0.2) is 25.7 Å². The van der Waals surface area contributed by atoms with Crippen molar-refractivity contribution in [1.29, 1.82) is 0 Å². The van der Waals surface area contributed by atoms with Crippen LogP contribution in [0, 0.1) is 0 Å². The van der Waals surface area contributed by atoms with E-state index in [4.69, 9.17) is 4.74 Å². The highest BCUT2D eigenvalue weighted by Gasteiger charge is 2.30. The summed E-state index contributed by atoms with van der Waals surface area (Å²) >= 11 is 0. The predicted octanol–water partition coefficient (Wildman–Crippen LogP) is 7.06. The topological polar surface area (TPSA) is 38.3 Å². The second-order valence-electron chi connectivity index (χ2n) is 8.70. The maximum absolute atomic E-state index is 13.0. The van der Waals surface area contributed by atoms with Crippen LogP contribution < -0.4 is 5.32 Å². The van der Waals surface area contributed by atoms with Crippen LogP contribution in [0.4, 0.5) is 13.2 Å². The van der Waals surface area contributed by atoms with Gasteiger partial charge in [-0.05, 0) is 64.2 Å². The minimum atomic E-state index is -4.38. The largest absolute Gasteiger partial charge is 0.462 e. The highest BCUT2D eigenvalue weighted by atomic mass is 19.4. The number of alkyl halides is 3. The Morgan fingerprint density at radius 3 is 2.11 bits per heavy atom. The zero-order valence-electron chi connectivity index (χ0n) is 19.2. The lowest BCUT2D eigenvalue weighted by atomic mass is 9.88. The molecule has 6 heteroatoms. The summed E-state index contributed by atoms with van der Waals surface area (Å²) < 4.78 is 44.4. The summed E-state index contributed by atoms with van der Waals surface area (Å²) in [6.07, 6.45) is -4.38. The number of rotatable bonds is 5. The molecule has 0 aromatic heterocycles. The van der Waals surface area contributed by atoms with Crippen molar-refractivity contribution in [3.63, 3.8) is 0 Å². The molecular formula is C29H24F3NO2. The summed E-state index contributed by atoms with van der Waals surface area (Å²) in [4.78, 5) is 12.9. The monoisotopic (exact) mass is 475 g/mol. The van der Waals surface area contributed by atoms with Gasteiger partial charge in [0.15, 0.2) is 0 Å². The summed E-state index contributed by atoms with van der Waals surface area (Å²) in [5, 5.41) is 5.04. The SMILES string of the molecule is CCOC(=O)c1ccc2ccc(-c3ccc(C(F)(F)F)cc3)cc2c1-c1ccc(C2CNC2)cc1. The molecule has 1 N–H and O–H groups in total. The molecule has 0 unspecified atom stereocenters. The Labute approximate surface area is 201 Å². The van der Waals surface area contributed by atoms with E-state index in [-0.39, 0.29) is 6.61 Å². The van der Waals surface area contributed by atoms with Crippen molar-refractivity contribution in [3.8, 4) is 22.3 Å². The fourth-order valence-corrected chi connectivity index (χ4v) is 4.49. The van der Waals surface area contributed by atoms with Gasteiger partial charge < -0.3 is 10.1 Å². The number of hydrogen-bond donors (Lipinski definition) is 1. The predicted molar refractivity (Wildman–Crippen MR) is 131 cm³/mol. The molecule has 1 saturated heterocycles. The molecule has 178 valence electrons. The minimum absolute atomic E-state index is 0.259. The van der Waals surface area contributed by atoms with Gasteiger partial charge in [0.25, 0.3) is 0 Å². The Morgan fingerprint density at radius 2 is 1.51 bits per heavy atom. The van der Waals surface area contributed by atoms with E-state index in [0.29, 0.717) is 17.0 Å².